The molecule has 5 heteroatoms. The summed E-state index contributed by atoms with van der Waals surface area (Å²) >= 11 is 1.63. The molecular formula is C14H14FNOS2. The van der Waals surface area contributed by atoms with Crippen LogP contribution in [0.5, 0.6) is 0 Å². The molecule has 2 rings (SSSR count). The fourth-order valence-corrected chi connectivity index (χ4v) is 3.86. The Morgan fingerprint density at radius 3 is 2.58 bits per heavy atom. The first-order chi connectivity index (χ1) is 9.15. The number of hydrogen-bond donors (Lipinski definition) is 1. The number of anilines is 1. The van der Waals surface area contributed by atoms with Gasteiger partial charge in [-0.2, -0.15) is 0 Å². The molecule has 0 aliphatic rings. The van der Waals surface area contributed by atoms with Crippen LogP contribution in [0.4, 0.5) is 10.1 Å². The van der Waals surface area contributed by atoms with Crippen LogP contribution < -0.4 is 5.73 Å². The maximum atomic E-state index is 13.2. The van der Waals surface area contributed by atoms with E-state index in [1.165, 1.54) is 12.1 Å². The van der Waals surface area contributed by atoms with Crippen molar-refractivity contribution in [1.29, 1.82) is 0 Å². The number of benzene rings is 2. The van der Waals surface area contributed by atoms with Crippen LogP contribution in [-0.4, -0.2) is 15.7 Å². The minimum Gasteiger partial charge on any atom is -0.399 e. The molecule has 1 unspecified atom stereocenters. The maximum absolute atomic E-state index is 13.2. The first-order valence-corrected chi connectivity index (χ1v) is 8.08. The largest absolute Gasteiger partial charge is 0.399 e. The van der Waals surface area contributed by atoms with Crippen molar-refractivity contribution in [3.8, 4) is 0 Å². The molecule has 2 aromatic rings. The Balaban J connectivity index is 1.91. The fourth-order valence-electron chi connectivity index (χ4n) is 1.59. The molecule has 0 aliphatic heterocycles. The van der Waals surface area contributed by atoms with Gasteiger partial charge in [0.15, 0.2) is 0 Å². The van der Waals surface area contributed by atoms with Crippen LogP contribution in [0, 0.1) is 5.82 Å². The lowest BCUT2D eigenvalue weighted by atomic mass is 10.3. The van der Waals surface area contributed by atoms with Gasteiger partial charge in [-0.15, -0.1) is 11.8 Å². The van der Waals surface area contributed by atoms with Gasteiger partial charge in [0.2, 0.25) is 0 Å². The van der Waals surface area contributed by atoms with Crippen LogP contribution in [0.15, 0.2) is 58.3 Å². The van der Waals surface area contributed by atoms with Crippen LogP contribution in [0.25, 0.3) is 0 Å². The van der Waals surface area contributed by atoms with Crippen molar-refractivity contribution in [3.63, 3.8) is 0 Å². The molecule has 0 bridgehead atoms. The number of thioether (sulfide) groups is 1. The van der Waals surface area contributed by atoms with Crippen molar-refractivity contribution in [2.24, 2.45) is 0 Å². The summed E-state index contributed by atoms with van der Waals surface area (Å²) in [5, 5.41) is 0. The highest BCUT2D eigenvalue weighted by Crippen LogP contribution is 2.19. The quantitative estimate of drug-likeness (QED) is 0.680. The van der Waals surface area contributed by atoms with Crippen LogP contribution in [0.1, 0.15) is 0 Å². The standard InChI is InChI=1S/C14H14FNOS2/c15-11-8-12(16)10-14(9-11)19(17)7-6-18-13-4-2-1-3-5-13/h1-5,8-10H,6-7,16H2. The number of halogens is 1. The molecule has 0 fully saturated rings. The lowest BCUT2D eigenvalue weighted by Gasteiger charge is -2.04. The van der Waals surface area contributed by atoms with Crippen molar-refractivity contribution in [2.45, 2.75) is 9.79 Å². The molecule has 0 aliphatic carbocycles. The maximum Gasteiger partial charge on any atom is 0.126 e. The van der Waals surface area contributed by atoms with E-state index in [2.05, 4.69) is 0 Å². The van der Waals surface area contributed by atoms with Crippen molar-refractivity contribution >= 4 is 28.2 Å². The van der Waals surface area contributed by atoms with Gasteiger partial charge in [0.25, 0.3) is 0 Å². The van der Waals surface area contributed by atoms with Gasteiger partial charge in [-0.25, -0.2) is 4.39 Å². The normalized spacial score (nSPS) is 12.3. The molecule has 0 radical (unpaired) electrons. The molecule has 2 nitrogen and oxygen atoms in total. The Morgan fingerprint density at radius 1 is 1.16 bits per heavy atom. The summed E-state index contributed by atoms with van der Waals surface area (Å²) in [6.07, 6.45) is 0. The first kappa shape index (κ1) is 14.1. The van der Waals surface area contributed by atoms with E-state index in [1.54, 1.807) is 17.8 Å². The molecule has 2 aromatic carbocycles. The monoisotopic (exact) mass is 295 g/mol. The summed E-state index contributed by atoms with van der Waals surface area (Å²) in [6.45, 7) is 0. The highest BCUT2D eigenvalue weighted by atomic mass is 32.2. The second-order valence-corrected chi connectivity index (χ2v) is 6.67. The molecule has 100 valence electrons. The Bertz CT molecular complexity index is 555. The van der Waals surface area contributed by atoms with E-state index in [0.29, 0.717) is 22.1 Å². The van der Waals surface area contributed by atoms with E-state index in [1.807, 2.05) is 30.3 Å². The van der Waals surface area contributed by atoms with E-state index in [4.69, 9.17) is 5.73 Å². The number of nitrogen functional groups attached to an aromatic ring is 1. The van der Waals surface area contributed by atoms with Gasteiger partial charge in [-0.3, -0.25) is 4.21 Å². The fraction of sp³-hybridized carbons (Fsp3) is 0.143. The average Bonchev–Trinajstić information content (AvgIpc) is 2.38. The minimum absolute atomic E-state index is 0.305. The Morgan fingerprint density at radius 2 is 1.89 bits per heavy atom. The Kier molecular flexibility index (Phi) is 4.99. The zero-order chi connectivity index (χ0) is 13.7. The molecule has 19 heavy (non-hydrogen) atoms. The highest BCUT2D eigenvalue weighted by Gasteiger charge is 2.07. The minimum atomic E-state index is -1.22. The van der Waals surface area contributed by atoms with Gasteiger partial charge in [0.1, 0.15) is 5.82 Å². The summed E-state index contributed by atoms with van der Waals surface area (Å²) in [4.78, 5) is 1.59. The molecule has 0 heterocycles. The van der Waals surface area contributed by atoms with Gasteiger partial charge >= 0.3 is 0 Å². The van der Waals surface area contributed by atoms with Crippen LogP contribution in [0.3, 0.4) is 0 Å². The van der Waals surface area contributed by atoms with E-state index in [-0.39, 0.29) is 0 Å². The SMILES string of the molecule is Nc1cc(F)cc(S(=O)CCSc2ccccc2)c1. The topological polar surface area (TPSA) is 43.1 Å². The molecule has 2 N–H and O–H groups in total. The lowest BCUT2D eigenvalue weighted by Crippen LogP contribution is -2.02. The predicted molar refractivity (Wildman–Crippen MR) is 79.3 cm³/mol. The summed E-state index contributed by atoms with van der Waals surface area (Å²) in [5.41, 5.74) is 5.84. The summed E-state index contributed by atoms with van der Waals surface area (Å²) in [7, 11) is -1.22. The van der Waals surface area contributed by atoms with E-state index in [9.17, 15) is 8.60 Å². The number of rotatable bonds is 5. The molecule has 0 amide bonds. The average molecular weight is 295 g/mol. The molecule has 0 saturated heterocycles. The molecule has 0 aromatic heterocycles. The van der Waals surface area contributed by atoms with E-state index < -0.39 is 16.6 Å². The van der Waals surface area contributed by atoms with Gasteiger partial charge in [0.05, 0.1) is 10.8 Å². The first-order valence-electron chi connectivity index (χ1n) is 5.77. The Labute approximate surface area is 118 Å². The zero-order valence-corrected chi connectivity index (χ0v) is 11.8. The van der Waals surface area contributed by atoms with Crippen LogP contribution in [0.2, 0.25) is 0 Å². The lowest BCUT2D eigenvalue weighted by molar-refractivity contribution is 0.623. The third kappa shape index (κ3) is 4.36. The van der Waals surface area contributed by atoms with E-state index >= 15 is 0 Å². The zero-order valence-electron chi connectivity index (χ0n) is 10.2. The van der Waals surface area contributed by atoms with E-state index in [0.717, 1.165) is 4.90 Å². The third-order valence-corrected chi connectivity index (χ3v) is 5.05. The van der Waals surface area contributed by atoms with Crippen LogP contribution >= 0.6 is 11.8 Å². The summed E-state index contributed by atoms with van der Waals surface area (Å²) < 4.78 is 25.2. The third-order valence-electron chi connectivity index (χ3n) is 2.44. The second kappa shape index (κ2) is 6.73. The van der Waals surface area contributed by atoms with Gasteiger partial charge < -0.3 is 5.73 Å². The molecular weight excluding hydrogens is 281 g/mol. The summed E-state index contributed by atoms with van der Waals surface area (Å²) in [5.74, 6) is 0.745. The van der Waals surface area contributed by atoms with Gasteiger partial charge in [-0.05, 0) is 30.3 Å². The van der Waals surface area contributed by atoms with Crippen molar-refractivity contribution < 1.29 is 8.60 Å². The second-order valence-electron chi connectivity index (χ2n) is 3.93. The van der Waals surface area contributed by atoms with Crippen molar-refractivity contribution in [3.05, 3.63) is 54.3 Å². The predicted octanol–water partition coefficient (Wildman–Crippen LogP) is 3.31. The molecule has 0 saturated carbocycles. The summed E-state index contributed by atoms with van der Waals surface area (Å²) in [6, 6.07) is 14.0. The number of nitrogens with two attached hydrogens (primary N) is 1. The van der Waals surface area contributed by atoms with Crippen LogP contribution in [-0.2, 0) is 10.8 Å². The van der Waals surface area contributed by atoms with Gasteiger partial charge in [-0.1, -0.05) is 18.2 Å². The van der Waals surface area contributed by atoms with Crippen molar-refractivity contribution in [1.82, 2.24) is 0 Å². The highest BCUT2D eigenvalue weighted by molar-refractivity contribution is 8.00. The molecule has 0 spiro atoms. The van der Waals surface area contributed by atoms with Gasteiger partial charge in [0, 0.05) is 27.0 Å². The number of hydrogen-bond acceptors (Lipinski definition) is 3. The molecule has 1 atom stereocenters. The Hall–Kier alpha value is -1.33. The smallest absolute Gasteiger partial charge is 0.126 e. The van der Waals surface area contributed by atoms with Crippen molar-refractivity contribution in [2.75, 3.05) is 17.2 Å².